The van der Waals surface area contributed by atoms with Crippen LogP contribution in [0, 0.1) is 0 Å². The molecule has 1 aliphatic carbocycles. The molecule has 3 aromatic rings. The van der Waals surface area contributed by atoms with Crippen LogP contribution < -0.4 is 5.73 Å². The maximum Gasteiger partial charge on any atom is 0.146 e. The molecule has 0 radical (unpaired) electrons. The number of nitrogens with zero attached hydrogens (tertiary/aromatic N) is 4. The topological polar surface area (TPSA) is 85.4 Å². The molecule has 1 saturated carbocycles. The summed E-state index contributed by atoms with van der Waals surface area (Å²) in [6.07, 6.45) is 10.3. The van der Waals surface area contributed by atoms with Crippen LogP contribution >= 0.6 is 0 Å². The number of aromatic nitrogens is 5. The molecule has 22 heavy (non-hydrogen) atoms. The Morgan fingerprint density at radius 3 is 3.05 bits per heavy atom. The molecule has 6 heteroatoms. The van der Waals surface area contributed by atoms with E-state index in [1.807, 2.05) is 18.5 Å². The van der Waals surface area contributed by atoms with Crippen molar-refractivity contribution in [2.24, 2.45) is 0 Å². The lowest BCUT2D eigenvalue weighted by Crippen LogP contribution is -2.07. The van der Waals surface area contributed by atoms with Crippen LogP contribution in [0.25, 0.3) is 11.0 Å². The number of nitrogens with two attached hydrogens (primary N) is 1. The average Bonchev–Trinajstić information content (AvgIpc) is 3.25. The number of aromatic amines is 1. The molecule has 1 aliphatic rings. The van der Waals surface area contributed by atoms with Crippen LogP contribution in [-0.2, 0) is 6.42 Å². The number of fused-ring (bicyclic) bond motifs is 1. The number of rotatable bonds is 3. The fourth-order valence-corrected chi connectivity index (χ4v) is 3.55. The molecule has 0 spiro atoms. The molecule has 2 atom stereocenters. The summed E-state index contributed by atoms with van der Waals surface area (Å²) >= 11 is 0. The Labute approximate surface area is 128 Å². The Morgan fingerprint density at radius 1 is 1.36 bits per heavy atom. The van der Waals surface area contributed by atoms with Gasteiger partial charge in [0.1, 0.15) is 17.3 Å². The van der Waals surface area contributed by atoms with Crippen LogP contribution in [0.5, 0.6) is 0 Å². The normalized spacial score (nSPS) is 21.7. The van der Waals surface area contributed by atoms with E-state index < -0.39 is 0 Å². The largest absolute Gasteiger partial charge is 0.383 e. The minimum atomic E-state index is 0.469. The van der Waals surface area contributed by atoms with E-state index in [0.29, 0.717) is 17.8 Å². The zero-order chi connectivity index (χ0) is 15.1. The predicted octanol–water partition coefficient (Wildman–Crippen LogP) is 2.81. The average molecular weight is 296 g/mol. The lowest BCUT2D eigenvalue weighted by molar-refractivity contribution is 0.523. The predicted molar refractivity (Wildman–Crippen MR) is 85.5 cm³/mol. The van der Waals surface area contributed by atoms with Crippen molar-refractivity contribution in [1.82, 2.24) is 24.7 Å². The number of anilines is 1. The highest BCUT2D eigenvalue weighted by Crippen LogP contribution is 2.41. The highest BCUT2D eigenvalue weighted by Gasteiger charge is 2.28. The zero-order valence-corrected chi connectivity index (χ0v) is 12.7. The third-order valence-electron chi connectivity index (χ3n) is 4.75. The fourth-order valence-electron chi connectivity index (χ4n) is 3.55. The summed E-state index contributed by atoms with van der Waals surface area (Å²) in [6.45, 7) is 2.05. The molecule has 3 N–H and O–H groups in total. The number of H-pyrrole nitrogens is 1. The summed E-state index contributed by atoms with van der Waals surface area (Å²) in [4.78, 5) is 9.06. The molecular weight excluding hydrogens is 276 g/mol. The second kappa shape index (κ2) is 5.12. The van der Waals surface area contributed by atoms with Crippen LogP contribution in [0.2, 0.25) is 0 Å². The maximum atomic E-state index is 6.07. The van der Waals surface area contributed by atoms with E-state index in [1.165, 1.54) is 12.0 Å². The van der Waals surface area contributed by atoms with Crippen LogP contribution in [0.15, 0.2) is 24.7 Å². The number of hydrogen-bond acceptors (Lipinski definition) is 4. The van der Waals surface area contributed by atoms with Gasteiger partial charge in [0.2, 0.25) is 0 Å². The monoisotopic (exact) mass is 296 g/mol. The fraction of sp³-hybridized carbons (Fsp3) is 0.438. The summed E-state index contributed by atoms with van der Waals surface area (Å²) in [6, 6.07) is 2.51. The van der Waals surface area contributed by atoms with Gasteiger partial charge in [-0.05, 0) is 36.8 Å². The summed E-state index contributed by atoms with van der Waals surface area (Å²) in [5.41, 5.74) is 8.35. The van der Waals surface area contributed by atoms with Gasteiger partial charge in [-0.1, -0.05) is 6.92 Å². The molecule has 1 fully saturated rings. The highest BCUT2D eigenvalue weighted by molar-refractivity contribution is 5.86. The van der Waals surface area contributed by atoms with Crippen LogP contribution in [0.4, 0.5) is 5.82 Å². The van der Waals surface area contributed by atoms with Crippen LogP contribution in [0.3, 0.4) is 0 Å². The summed E-state index contributed by atoms with van der Waals surface area (Å²) < 4.78 is 2.28. The van der Waals surface area contributed by atoms with E-state index in [4.69, 9.17) is 10.7 Å². The smallest absolute Gasteiger partial charge is 0.146 e. The Hall–Kier alpha value is -2.37. The Kier molecular flexibility index (Phi) is 3.10. The first-order valence-electron chi connectivity index (χ1n) is 7.88. The Morgan fingerprint density at radius 2 is 2.27 bits per heavy atom. The van der Waals surface area contributed by atoms with E-state index in [0.717, 1.165) is 36.1 Å². The minimum Gasteiger partial charge on any atom is -0.383 e. The lowest BCUT2D eigenvalue weighted by Gasteiger charge is -2.14. The van der Waals surface area contributed by atoms with E-state index >= 15 is 0 Å². The van der Waals surface area contributed by atoms with Crippen LogP contribution in [-0.4, -0.2) is 24.7 Å². The second-order valence-electron chi connectivity index (χ2n) is 6.03. The zero-order valence-electron chi connectivity index (χ0n) is 12.7. The van der Waals surface area contributed by atoms with Gasteiger partial charge in [0, 0.05) is 24.9 Å². The van der Waals surface area contributed by atoms with Crippen molar-refractivity contribution in [2.75, 3.05) is 5.73 Å². The molecule has 4 rings (SSSR count). The van der Waals surface area contributed by atoms with E-state index in [1.54, 1.807) is 0 Å². The Balaban J connectivity index is 1.68. The number of nitrogens with one attached hydrogen (secondary N) is 1. The Bertz CT molecular complexity index is 788. The second-order valence-corrected chi connectivity index (χ2v) is 6.03. The summed E-state index contributed by atoms with van der Waals surface area (Å²) in [7, 11) is 0. The molecule has 6 nitrogen and oxygen atoms in total. The quantitative estimate of drug-likeness (QED) is 0.778. The maximum absolute atomic E-state index is 6.07. The molecular formula is C16H20N6. The van der Waals surface area contributed by atoms with Crippen LogP contribution in [0.1, 0.15) is 49.5 Å². The molecule has 0 aromatic carbocycles. The van der Waals surface area contributed by atoms with Crippen molar-refractivity contribution in [1.29, 1.82) is 0 Å². The van der Waals surface area contributed by atoms with E-state index in [2.05, 4.69) is 32.9 Å². The van der Waals surface area contributed by atoms with Crippen molar-refractivity contribution < 1.29 is 0 Å². The minimum absolute atomic E-state index is 0.469. The molecule has 3 heterocycles. The number of aryl methyl sites for hydroxylation is 1. The lowest BCUT2D eigenvalue weighted by atomic mass is 10.0. The van der Waals surface area contributed by atoms with Crippen molar-refractivity contribution in [3.63, 3.8) is 0 Å². The van der Waals surface area contributed by atoms with Crippen molar-refractivity contribution in [2.45, 2.75) is 44.6 Å². The first-order valence-corrected chi connectivity index (χ1v) is 7.88. The van der Waals surface area contributed by atoms with Crippen molar-refractivity contribution in [3.8, 4) is 0 Å². The van der Waals surface area contributed by atoms with E-state index in [-0.39, 0.29) is 0 Å². The van der Waals surface area contributed by atoms with Gasteiger partial charge < -0.3 is 10.3 Å². The molecule has 114 valence electrons. The molecule has 3 aromatic heterocycles. The van der Waals surface area contributed by atoms with Crippen molar-refractivity contribution >= 4 is 16.9 Å². The number of hydrogen-bond donors (Lipinski definition) is 2. The molecule has 0 aliphatic heterocycles. The van der Waals surface area contributed by atoms with Gasteiger partial charge in [0.15, 0.2) is 0 Å². The summed E-state index contributed by atoms with van der Waals surface area (Å²) in [5.74, 6) is 1.98. The van der Waals surface area contributed by atoms with Gasteiger partial charge in [-0.25, -0.2) is 9.97 Å². The van der Waals surface area contributed by atoms with Gasteiger partial charge in [-0.15, -0.1) is 0 Å². The first kappa shape index (κ1) is 13.3. The standard InChI is InChI=1S/C16H20N6/c1-2-14-20-15(17)13-5-6-22(16(13)21-14)12-4-3-10(7-12)11-8-18-19-9-11/h5-6,8-10,12H,2-4,7H2,1H3,(H,18,19)(H2,17,20,21). The number of nitrogen functional groups attached to an aromatic ring is 1. The van der Waals surface area contributed by atoms with Gasteiger partial charge >= 0.3 is 0 Å². The molecule has 0 saturated heterocycles. The molecule has 0 bridgehead atoms. The van der Waals surface area contributed by atoms with E-state index in [9.17, 15) is 0 Å². The molecule has 0 amide bonds. The third kappa shape index (κ3) is 2.06. The first-order chi connectivity index (χ1) is 10.8. The van der Waals surface area contributed by atoms with Gasteiger partial charge in [0.25, 0.3) is 0 Å². The highest BCUT2D eigenvalue weighted by atomic mass is 15.1. The SMILES string of the molecule is CCc1nc(N)c2ccn(C3CCC(c4cn[nH]c4)C3)c2n1. The van der Waals surface area contributed by atoms with Crippen molar-refractivity contribution in [3.05, 3.63) is 36.0 Å². The van der Waals surface area contributed by atoms with Gasteiger partial charge in [-0.3, -0.25) is 5.10 Å². The van der Waals surface area contributed by atoms with Gasteiger partial charge in [0.05, 0.1) is 11.6 Å². The van der Waals surface area contributed by atoms with Gasteiger partial charge in [-0.2, -0.15) is 5.10 Å². The summed E-state index contributed by atoms with van der Waals surface area (Å²) in [5, 5.41) is 7.95. The molecule has 2 unspecified atom stereocenters. The third-order valence-corrected chi connectivity index (χ3v) is 4.75.